The molecule has 0 saturated carbocycles. The number of rotatable bonds is 3. The number of aliphatic hydroxyl groups excluding tert-OH is 1. The molecule has 1 unspecified atom stereocenters. The first-order valence-corrected chi connectivity index (χ1v) is 4.50. The fourth-order valence-corrected chi connectivity index (χ4v) is 1.39. The molecule has 0 spiro atoms. The highest BCUT2D eigenvalue weighted by Crippen LogP contribution is 2.33. The van der Waals surface area contributed by atoms with Crippen LogP contribution in [0.4, 0.5) is 8.78 Å². The molecule has 6 heteroatoms. The summed E-state index contributed by atoms with van der Waals surface area (Å²) in [5.41, 5.74) is 4.57. The van der Waals surface area contributed by atoms with Gasteiger partial charge in [-0.15, -0.1) is 0 Å². The Balaban J connectivity index is 3.35. The summed E-state index contributed by atoms with van der Waals surface area (Å²) >= 11 is 5.55. The Labute approximate surface area is 90.4 Å². The van der Waals surface area contributed by atoms with Crippen molar-refractivity contribution in [2.75, 3.05) is 13.7 Å². The van der Waals surface area contributed by atoms with E-state index in [1.165, 1.54) is 7.11 Å². The minimum absolute atomic E-state index is 0.125. The highest BCUT2D eigenvalue weighted by atomic mass is 35.5. The van der Waals surface area contributed by atoms with E-state index in [-0.39, 0.29) is 17.3 Å². The molecule has 1 aromatic carbocycles. The summed E-state index contributed by atoms with van der Waals surface area (Å²) in [6.45, 7) is -0.295. The third-order valence-electron chi connectivity index (χ3n) is 1.94. The first-order valence-electron chi connectivity index (χ1n) is 4.12. The molecule has 0 aromatic heterocycles. The van der Waals surface area contributed by atoms with Crippen LogP contribution >= 0.6 is 11.6 Å². The summed E-state index contributed by atoms with van der Waals surface area (Å²) in [7, 11) is 1.24. The van der Waals surface area contributed by atoms with Crippen molar-refractivity contribution in [2.24, 2.45) is 5.73 Å². The molecular formula is C9H10ClF2NO2. The van der Waals surface area contributed by atoms with Crippen LogP contribution in [0.5, 0.6) is 5.75 Å². The summed E-state index contributed by atoms with van der Waals surface area (Å²) in [6.07, 6.45) is -1.42. The van der Waals surface area contributed by atoms with E-state index in [1.54, 1.807) is 0 Å². The second-order valence-electron chi connectivity index (χ2n) is 2.85. The fraction of sp³-hybridized carbons (Fsp3) is 0.333. The van der Waals surface area contributed by atoms with Gasteiger partial charge in [0.1, 0.15) is 16.6 Å². The van der Waals surface area contributed by atoms with Gasteiger partial charge in [-0.2, -0.15) is 0 Å². The van der Waals surface area contributed by atoms with Gasteiger partial charge in [-0.25, -0.2) is 8.78 Å². The van der Waals surface area contributed by atoms with Crippen molar-refractivity contribution < 1.29 is 18.6 Å². The van der Waals surface area contributed by atoms with Gasteiger partial charge in [-0.1, -0.05) is 11.6 Å². The van der Waals surface area contributed by atoms with E-state index in [9.17, 15) is 13.9 Å². The number of aliphatic hydroxyl groups is 1. The number of nitrogens with two attached hydrogens (primary N) is 1. The maximum Gasteiger partial charge on any atom is 0.154 e. The molecular weight excluding hydrogens is 228 g/mol. The summed E-state index contributed by atoms with van der Waals surface area (Å²) in [4.78, 5) is 0. The van der Waals surface area contributed by atoms with E-state index in [1.807, 2.05) is 0 Å². The predicted octanol–water partition coefficient (Wildman–Crippen LogP) is 1.62. The Morgan fingerprint density at radius 2 is 2.20 bits per heavy atom. The standard InChI is InChI=1S/C9H10ClF2NO2/c1-15-6-2-4(11)7(5(14)3-13)9(12)8(6)10/h2,5,14H,3,13H2,1H3. The van der Waals surface area contributed by atoms with Gasteiger partial charge >= 0.3 is 0 Å². The molecule has 0 radical (unpaired) electrons. The van der Waals surface area contributed by atoms with Gasteiger partial charge < -0.3 is 15.6 Å². The summed E-state index contributed by atoms with van der Waals surface area (Å²) < 4.78 is 31.5. The lowest BCUT2D eigenvalue weighted by Crippen LogP contribution is -2.15. The molecule has 1 atom stereocenters. The molecule has 1 aromatic rings. The van der Waals surface area contributed by atoms with Gasteiger partial charge in [0.05, 0.1) is 18.8 Å². The van der Waals surface area contributed by atoms with E-state index < -0.39 is 23.3 Å². The topological polar surface area (TPSA) is 55.5 Å². The second kappa shape index (κ2) is 4.74. The number of halogens is 3. The van der Waals surface area contributed by atoms with Crippen LogP contribution in [0.3, 0.4) is 0 Å². The molecule has 0 amide bonds. The van der Waals surface area contributed by atoms with Crippen LogP contribution in [0.2, 0.25) is 5.02 Å². The SMILES string of the molecule is COc1cc(F)c(C(O)CN)c(F)c1Cl. The van der Waals surface area contributed by atoms with Crippen molar-refractivity contribution in [1.29, 1.82) is 0 Å². The molecule has 15 heavy (non-hydrogen) atoms. The van der Waals surface area contributed by atoms with Crippen LogP contribution in [0.1, 0.15) is 11.7 Å². The molecule has 0 saturated heterocycles. The van der Waals surface area contributed by atoms with Crippen molar-refractivity contribution in [3.63, 3.8) is 0 Å². The molecule has 1 rings (SSSR count). The van der Waals surface area contributed by atoms with Gasteiger partial charge in [-0.3, -0.25) is 0 Å². The number of hydrogen-bond acceptors (Lipinski definition) is 3. The Morgan fingerprint density at radius 1 is 1.60 bits per heavy atom. The Bertz CT molecular complexity index is 374. The molecule has 0 fully saturated rings. The zero-order valence-corrected chi connectivity index (χ0v) is 8.68. The average molecular weight is 238 g/mol. The highest BCUT2D eigenvalue weighted by molar-refractivity contribution is 6.32. The van der Waals surface area contributed by atoms with Crippen LogP contribution in [-0.2, 0) is 0 Å². The highest BCUT2D eigenvalue weighted by Gasteiger charge is 2.22. The fourth-order valence-electron chi connectivity index (χ4n) is 1.16. The molecule has 0 aliphatic carbocycles. The zero-order valence-electron chi connectivity index (χ0n) is 7.93. The van der Waals surface area contributed by atoms with E-state index >= 15 is 0 Å². The average Bonchev–Trinajstić information content (AvgIpc) is 2.23. The van der Waals surface area contributed by atoms with E-state index in [0.717, 1.165) is 6.07 Å². The summed E-state index contributed by atoms with van der Waals surface area (Å²) in [5.74, 6) is -2.11. The van der Waals surface area contributed by atoms with E-state index in [0.29, 0.717) is 0 Å². The number of ether oxygens (including phenoxy) is 1. The third-order valence-corrected chi connectivity index (χ3v) is 2.29. The maximum atomic E-state index is 13.5. The molecule has 0 aliphatic heterocycles. The lowest BCUT2D eigenvalue weighted by atomic mass is 10.1. The van der Waals surface area contributed by atoms with Crippen molar-refractivity contribution in [1.82, 2.24) is 0 Å². The molecule has 84 valence electrons. The summed E-state index contributed by atoms with van der Waals surface area (Å²) in [6, 6.07) is 0.902. The smallest absolute Gasteiger partial charge is 0.154 e. The minimum atomic E-state index is -1.42. The van der Waals surface area contributed by atoms with Crippen LogP contribution in [0.15, 0.2) is 6.07 Å². The number of hydrogen-bond donors (Lipinski definition) is 2. The lowest BCUT2D eigenvalue weighted by molar-refractivity contribution is 0.176. The minimum Gasteiger partial charge on any atom is -0.495 e. The molecule has 0 heterocycles. The van der Waals surface area contributed by atoms with Crippen molar-refractivity contribution in [2.45, 2.75) is 6.10 Å². The van der Waals surface area contributed by atoms with Gasteiger partial charge in [0.15, 0.2) is 5.82 Å². The predicted molar refractivity (Wildman–Crippen MR) is 51.9 cm³/mol. The first-order chi connectivity index (χ1) is 7.02. The monoisotopic (exact) mass is 237 g/mol. The van der Waals surface area contributed by atoms with Gasteiger partial charge in [0.25, 0.3) is 0 Å². The van der Waals surface area contributed by atoms with Gasteiger partial charge in [-0.05, 0) is 0 Å². The Hall–Kier alpha value is -0.910. The first kappa shape index (κ1) is 12.2. The summed E-state index contributed by atoms with van der Waals surface area (Å²) in [5, 5.41) is 8.90. The largest absolute Gasteiger partial charge is 0.495 e. The maximum absolute atomic E-state index is 13.5. The molecule has 0 aliphatic rings. The van der Waals surface area contributed by atoms with E-state index in [2.05, 4.69) is 4.74 Å². The van der Waals surface area contributed by atoms with Crippen molar-refractivity contribution >= 4 is 11.6 Å². The Kier molecular flexibility index (Phi) is 3.84. The van der Waals surface area contributed by atoms with Crippen molar-refractivity contribution in [3.05, 3.63) is 28.3 Å². The van der Waals surface area contributed by atoms with Crippen LogP contribution in [0.25, 0.3) is 0 Å². The normalized spacial score (nSPS) is 12.7. The lowest BCUT2D eigenvalue weighted by Gasteiger charge is -2.13. The second-order valence-corrected chi connectivity index (χ2v) is 3.23. The number of benzene rings is 1. The zero-order chi connectivity index (χ0) is 11.6. The van der Waals surface area contributed by atoms with Crippen LogP contribution in [0, 0.1) is 11.6 Å². The molecule has 3 N–H and O–H groups in total. The van der Waals surface area contributed by atoms with Gasteiger partial charge in [0, 0.05) is 12.6 Å². The van der Waals surface area contributed by atoms with E-state index in [4.69, 9.17) is 17.3 Å². The molecule has 3 nitrogen and oxygen atoms in total. The number of methoxy groups -OCH3 is 1. The Morgan fingerprint density at radius 3 is 2.67 bits per heavy atom. The molecule has 0 bridgehead atoms. The van der Waals surface area contributed by atoms with Crippen LogP contribution in [-0.4, -0.2) is 18.8 Å². The van der Waals surface area contributed by atoms with Gasteiger partial charge in [0.2, 0.25) is 0 Å². The van der Waals surface area contributed by atoms with Crippen LogP contribution < -0.4 is 10.5 Å². The quantitative estimate of drug-likeness (QED) is 0.786. The third kappa shape index (κ3) is 2.19. The van der Waals surface area contributed by atoms with Crippen molar-refractivity contribution in [3.8, 4) is 5.75 Å².